The highest BCUT2D eigenvalue weighted by atomic mass is 15.1. The standard InChI is InChI=1S/C9H11N5/c1-2-11-8-7(1)9(13-5-12-8)14-6-3-10-4-6/h1-2,5-6,10H,3-4H2,(H2,11,12,13,14). The minimum Gasteiger partial charge on any atom is -0.364 e. The zero-order valence-corrected chi connectivity index (χ0v) is 7.62. The molecular formula is C9H11N5. The van der Waals surface area contributed by atoms with Crippen LogP contribution in [0.1, 0.15) is 0 Å². The van der Waals surface area contributed by atoms with Crippen molar-refractivity contribution in [2.24, 2.45) is 0 Å². The molecule has 3 heterocycles. The lowest BCUT2D eigenvalue weighted by Crippen LogP contribution is -2.51. The maximum absolute atomic E-state index is 4.23. The Bertz CT molecular complexity index is 445. The van der Waals surface area contributed by atoms with E-state index in [9.17, 15) is 0 Å². The molecule has 2 aromatic heterocycles. The van der Waals surface area contributed by atoms with Gasteiger partial charge in [-0.05, 0) is 6.07 Å². The van der Waals surface area contributed by atoms with Crippen LogP contribution >= 0.6 is 0 Å². The highest BCUT2D eigenvalue weighted by Crippen LogP contribution is 2.18. The Morgan fingerprint density at radius 2 is 2.29 bits per heavy atom. The Kier molecular flexibility index (Phi) is 1.63. The summed E-state index contributed by atoms with van der Waals surface area (Å²) in [5.74, 6) is 0.919. The Morgan fingerprint density at radius 3 is 3.07 bits per heavy atom. The van der Waals surface area contributed by atoms with Crippen molar-refractivity contribution in [3.05, 3.63) is 18.6 Å². The van der Waals surface area contributed by atoms with E-state index in [2.05, 4.69) is 25.6 Å². The predicted octanol–water partition coefficient (Wildman–Crippen LogP) is 0.342. The monoisotopic (exact) mass is 189 g/mol. The van der Waals surface area contributed by atoms with Crippen LogP contribution in [0.15, 0.2) is 18.6 Å². The number of hydrogen-bond donors (Lipinski definition) is 3. The molecule has 0 amide bonds. The Morgan fingerprint density at radius 1 is 1.36 bits per heavy atom. The fourth-order valence-corrected chi connectivity index (χ4v) is 1.57. The van der Waals surface area contributed by atoms with Crippen LogP contribution in [-0.2, 0) is 0 Å². The van der Waals surface area contributed by atoms with Crippen LogP contribution < -0.4 is 10.6 Å². The Balaban J connectivity index is 1.97. The maximum Gasteiger partial charge on any atom is 0.142 e. The molecule has 1 aliphatic heterocycles. The van der Waals surface area contributed by atoms with Gasteiger partial charge in [-0.1, -0.05) is 0 Å². The highest BCUT2D eigenvalue weighted by Gasteiger charge is 2.17. The van der Waals surface area contributed by atoms with Crippen LogP contribution in [0.5, 0.6) is 0 Å². The summed E-state index contributed by atoms with van der Waals surface area (Å²) in [4.78, 5) is 11.4. The van der Waals surface area contributed by atoms with E-state index in [0.29, 0.717) is 6.04 Å². The molecule has 72 valence electrons. The van der Waals surface area contributed by atoms with E-state index in [-0.39, 0.29) is 0 Å². The highest BCUT2D eigenvalue weighted by molar-refractivity contribution is 5.86. The quantitative estimate of drug-likeness (QED) is 0.637. The molecule has 0 radical (unpaired) electrons. The van der Waals surface area contributed by atoms with Gasteiger partial charge in [0.2, 0.25) is 0 Å². The third kappa shape index (κ3) is 1.13. The van der Waals surface area contributed by atoms with Crippen molar-refractivity contribution in [2.45, 2.75) is 6.04 Å². The van der Waals surface area contributed by atoms with Crippen molar-refractivity contribution < 1.29 is 0 Å². The molecule has 5 heteroatoms. The van der Waals surface area contributed by atoms with Crippen LogP contribution in [0.3, 0.4) is 0 Å². The van der Waals surface area contributed by atoms with Crippen molar-refractivity contribution >= 4 is 16.9 Å². The third-order valence-corrected chi connectivity index (χ3v) is 2.48. The van der Waals surface area contributed by atoms with E-state index in [1.165, 1.54) is 0 Å². The lowest BCUT2D eigenvalue weighted by molar-refractivity contribution is 0.471. The third-order valence-electron chi connectivity index (χ3n) is 2.48. The maximum atomic E-state index is 4.23. The summed E-state index contributed by atoms with van der Waals surface area (Å²) in [6, 6.07) is 2.49. The summed E-state index contributed by atoms with van der Waals surface area (Å²) < 4.78 is 0. The van der Waals surface area contributed by atoms with Gasteiger partial charge in [0, 0.05) is 19.3 Å². The number of nitrogens with zero attached hydrogens (tertiary/aromatic N) is 2. The second-order valence-electron chi connectivity index (χ2n) is 3.46. The van der Waals surface area contributed by atoms with Crippen LogP contribution in [0, 0.1) is 0 Å². The molecule has 0 unspecified atom stereocenters. The number of rotatable bonds is 2. The van der Waals surface area contributed by atoms with E-state index >= 15 is 0 Å². The zero-order chi connectivity index (χ0) is 9.38. The number of H-pyrrole nitrogens is 1. The number of aromatic amines is 1. The van der Waals surface area contributed by atoms with Crippen molar-refractivity contribution in [3.63, 3.8) is 0 Å². The first-order valence-electron chi connectivity index (χ1n) is 4.69. The summed E-state index contributed by atoms with van der Waals surface area (Å²) >= 11 is 0. The lowest BCUT2D eigenvalue weighted by atomic mass is 10.2. The minimum absolute atomic E-state index is 0.503. The molecule has 1 fully saturated rings. The molecule has 0 aromatic carbocycles. The fraction of sp³-hybridized carbons (Fsp3) is 0.333. The molecule has 0 saturated carbocycles. The van der Waals surface area contributed by atoms with Crippen molar-refractivity contribution in [3.8, 4) is 0 Å². The number of anilines is 1. The van der Waals surface area contributed by atoms with Gasteiger partial charge >= 0.3 is 0 Å². The number of fused-ring (bicyclic) bond motifs is 1. The van der Waals surface area contributed by atoms with E-state index in [4.69, 9.17) is 0 Å². The first-order valence-corrected chi connectivity index (χ1v) is 4.69. The summed E-state index contributed by atoms with van der Waals surface area (Å²) in [6.07, 6.45) is 3.46. The topological polar surface area (TPSA) is 65.6 Å². The van der Waals surface area contributed by atoms with Gasteiger partial charge in [0.25, 0.3) is 0 Å². The molecule has 2 aromatic rings. The molecular weight excluding hydrogens is 178 g/mol. The average Bonchev–Trinajstić information content (AvgIpc) is 2.59. The van der Waals surface area contributed by atoms with Crippen LogP contribution in [-0.4, -0.2) is 34.1 Å². The first kappa shape index (κ1) is 7.75. The fourth-order valence-electron chi connectivity index (χ4n) is 1.57. The van der Waals surface area contributed by atoms with Gasteiger partial charge in [-0.15, -0.1) is 0 Å². The van der Waals surface area contributed by atoms with Crippen molar-refractivity contribution in [1.82, 2.24) is 20.3 Å². The molecule has 1 saturated heterocycles. The van der Waals surface area contributed by atoms with Gasteiger partial charge in [0.05, 0.1) is 11.4 Å². The van der Waals surface area contributed by atoms with Gasteiger partial charge in [-0.3, -0.25) is 0 Å². The average molecular weight is 189 g/mol. The summed E-state index contributed by atoms with van der Waals surface area (Å²) in [5.41, 5.74) is 0.884. The SMILES string of the molecule is c1nc(NC2CNC2)c2cc[nH]c2n1. The van der Waals surface area contributed by atoms with Crippen LogP contribution in [0.4, 0.5) is 5.82 Å². The van der Waals surface area contributed by atoms with E-state index < -0.39 is 0 Å². The molecule has 5 nitrogen and oxygen atoms in total. The number of nitrogens with one attached hydrogen (secondary N) is 3. The van der Waals surface area contributed by atoms with Gasteiger partial charge in [0.1, 0.15) is 17.8 Å². The first-order chi connectivity index (χ1) is 6.93. The number of aromatic nitrogens is 3. The van der Waals surface area contributed by atoms with Crippen molar-refractivity contribution in [1.29, 1.82) is 0 Å². The molecule has 3 rings (SSSR count). The normalized spacial score (nSPS) is 16.9. The summed E-state index contributed by atoms with van der Waals surface area (Å²) in [5, 5.41) is 7.64. The molecule has 0 aliphatic carbocycles. The molecule has 0 bridgehead atoms. The lowest BCUT2D eigenvalue weighted by Gasteiger charge is -2.28. The van der Waals surface area contributed by atoms with Crippen molar-refractivity contribution in [2.75, 3.05) is 18.4 Å². The van der Waals surface area contributed by atoms with Gasteiger partial charge in [0.15, 0.2) is 0 Å². The summed E-state index contributed by atoms with van der Waals surface area (Å²) in [7, 11) is 0. The van der Waals surface area contributed by atoms with Crippen LogP contribution in [0.25, 0.3) is 11.0 Å². The largest absolute Gasteiger partial charge is 0.364 e. The summed E-state index contributed by atoms with van der Waals surface area (Å²) in [6.45, 7) is 2.02. The van der Waals surface area contributed by atoms with Gasteiger partial charge in [-0.2, -0.15) is 0 Å². The zero-order valence-electron chi connectivity index (χ0n) is 7.62. The Labute approximate surface area is 81.0 Å². The van der Waals surface area contributed by atoms with E-state index in [1.807, 2.05) is 12.3 Å². The number of hydrogen-bond acceptors (Lipinski definition) is 4. The molecule has 14 heavy (non-hydrogen) atoms. The molecule has 3 N–H and O–H groups in total. The van der Waals surface area contributed by atoms with Gasteiger partial charge < -0.3 is 15.6 Å². The molecule has 0 spiro atoms. The second-order valence-corrected chi connectivity index (χ2v) is 3.46. The van der Waals surface area contributed by atoms with E-state index in [1.54, 1.807) is 6.33 Å². The smallest absolute Gasteiger partial charge is 0.142 e. The van der Waals surface area contributed by atoms with Gasteiger partial charge in [-0.25, -0.2) is 9.97 Å². The van der Waals surface area contributed by atoms with E-state index in [0.717, 1.165) is 29.9 Å². The van der Waals surface area contributed by atoms with Crippen LogP contribution in [0.2, 0.25) is 0 Å². The Hall–Kier alpha value is -1.62. The second kappa shape index (κ2) is 2.95. The predicted molar refractivity (Wildman–Crippen MR) is 54.2 cm³/mol. The molecule has 1 aliphatic rings. The molecule has 0 atom stereocenters. The minimum atomic E-state index is 0.503.